The Labute approximate surface area is 107 Å². The van der Waals surface area contributed by atoms with Crippen molar-refractivity contribution in [2.24, 2.45) is 0 Å². The number of carbonyl (C=O) groups is 2. The standard InChI is InChI=1S/C13H18N2O3/c1-9-10(13(17)18-4)6-5-7-11(9)14-8-12(16)15(2)3/h5-7,14H,8H2,1-4H3. The summed E-state index contributed by atoms with van der Waals surface area (Å²) in [6.45, 7) is 2.01. The monoisotopic (exact) mass is 250 g/mol. The minimum atomic E-state index is -0.380. The second-order valence-corrected chi connectivity index (χ2v) is 4.11. The molecular formula is C13H18N2O3. The van der Waals surface area contributed by atoms with Crippen molar-refractivity contribution in [2.75, 3.05) is 33.1 Å². The number of ether oxygens (including phenoxy) is 1. The molecule has 0 bridgehead atoms. The highest BCUT2D eigenvalue weighted by atomic mass is 16.5. The van der Waals surface area contributed by atoms with E-state index in [1.165, 1.54) is 12.0 Å². The Morgan fingerprint density at radius 3 is 2.56 bits per heavy atom. The molecule has 0 aliphatic heterocycles. The first kappa shape index (κ1) is 14.0. The average molecular weight is 250 g/mol. The Kier molecular flexibility index (Phi) is 4.71. The molecule has 0 radical (unpaired) electrons. The normalized spacial score (nSPS) is 9.78. The molecule has 0 saturated carbocycles. The molecule has 98 valence electrons. The molecule has 0 spiro atoms. The van der Waals surface area contributed by atoms with Gasteiger partial charge in [-0.25, -0.2) is 4.79 Å². The van der Waals surface area contributed by atoms with Crippen LogP contribution in [0, 0.1) is 6.92 Å². The van der Waals surface area contributed by atoms with Crippen molar-refractivity contribution in [3.8, 4) is 0 Å². The van der Waals surface area contributed by atoms with Crippen LogP contribution in [0.1, 0.15) is 15.9 Å². The van der Waals surface area contributed by atoms with E-state index in [1.54, 1.807) is 26.2 Å². The molecule has 1 aromatic carbocycles. The van der Waals surface area contributed by atoms with Gasteiger partial charge >= 0.3 is 5.97 Å². The lowest BCUT2D eigenvalue weighted by Gasteiger charge is -2.14. The first-order valence-corrected chi connectivity index (χ1v) is 5.59. The van der Waals surface area contributed by atoms with Gasteiger partial charge in [0.15, 0.2) is 0 Å². The first-order valence-electron chi connectivity index (χ1n) is 5.59. The van der Waals surface area contributed by atoms with E-state index in [0.29, 0.717) is 5.56 Å². The highest BCUT2D eigenvalue weighted by Gasteiger charge is 2.12. The minimum Gasteiger partial charge on any atom is -0.465 e. The van der Waals surface area contributed by atoms with Crippen molar-refractivity contribution in [3.05, 3.63) is 29.3 Å². The molecule has 0 aliphatic rings. The Balaban J connectivity index is 2.84. The summed E-state index contributed by atoms with van der Waals surface area (Å²) in [7, 11) is 4.74. The van der Waals surface area contributed by atoms with Crippen LogP contribution in [0.3, 0.4) is 0 Å². The number of nitrogens with one attached hydrogen (secondary N) is 1. The molecule has 18 heavy (non-hydrogen) atoms. The molecule has 0 aromatic heterocycles. The van der Waals surface area contributed by atoms with Gasteiger partial charge in [0.25, 0.3) is 0 Å². The van der Waals surface area contributed by atoms with Gasteiger partial charge < -0.3 is 15.0 Å². The van der Waals surface area contributed by atoms with Crippen LogP contribution in [-0.4, -0.2) is 44.5 Å². The number of likely N-dealkylation sites (N-methyl/N-ethyl adjacent to an activating group) is 1. The number of rotatable bonds is 4. The fourth-order valence-electron chi connectivity index (χ4n) is 1.49. The van der Waals surface area contributed by atoms with Crippen molar-refractivity contribution in [1.82, 2.24) is 4.90 Å². The van der Waals surface area contributed by atoms with Crippen LogP contribution in [0.15, 0.2) is 18.2 Å². The van der Waals surface area contributed by atoms with E-state index in [0.717, 1.165) is 11.3 Å². The molecule has 1 aromatic rings. The highest BCUT2D eigenvalue weighted by Crippen LogP contribution is 2.19. The lowest BCUT2D eigenvalue weighted by molar-refractivity contribution is -0.126. The zero-order valence-corrected chi connectivity index (χ0v) is 11.1. The zero-order chi connectivity index (χ0) is 13.7. The maximum atomic E-state index is 11.5. The smallest absolute Gasteiger partial charge is 0.338 e. The van der Waals surface area contributed by atoms with Crippen LogP contribution in [0.2, 0.25) is 0 Å². The molecule has 0 heterocycles. The molecule has 0 atom stereocenters. The van der Waals surface area contributed by atoms with E-state index in [9.17, 15) is 9.59 Å². The van der Waals surface area contributed by atoms with Crippen molar-refractivity contribution in [2.45, 2.75) is 6.92 Å². The van der Waals surface area contributed by atoms with Gasteiger partial charge in [-0.1, -0.05) is 6.07 Å². The third-order valence-corrected chi connectivity index (χ3v) is 2.67. The Hall–Kier alpha value is -2.04. The van der Waals surface area contributed by atoms with E-state index >= 15 is 0 Å². The van der Waals surface area contributed by atoms with Crippen LogP contribution in [0.4, 0.5) is 5.69 Å². The van der Waals surface area contributed by atoms with Crippen LogP contribution < -0.4 is 5.32 Å². The number of nitrogens with zero attached hydrogens (tertiary/aromatic N) is 1. The van der Waals surface area contributed by atoms with Gasteiger partial charge in [0.2, 0.25) is 5.91 Å². The zero-order valence-electron chi connectivity index (χ0n) is 11.1. The molecule has 0 aliphatic carbocycles. The Morgan fingerprint density at radius 2 is 2.00 bits per heavy atom. The Bertz CT molecular complexity index is 456. The van der Waals surface area contributed by atoms with E-state index in [1.807, 2.05) is 13.0 Å². The number of esters is 1. The van der Waals surface area contributed by atoms with Crippen molar-refractivity contribution >= 4 is 17.6 Å². The van der Waals surface area contributed by atoms with Crippen LogP contribution >= 0.6 is 0 Å². The van der Waals surface area contributed by atoms with Crippen molar-refractivity contribution in [3.63, 3.8) is 0 Å². The molecule has 0 saturated heterocycles. The number of carbonyl (C=O) groups excluding carboxylic acids is 2. The number of anilines is 1. The van der Waals surface area contributed by atoms with E-state index in [-0.39, 0.29) is 18.4 Å². The number of benzene rings is 1. The summed E-state index contributed by atoms with van der Waals surface area (Å²) >= 11 is 0. The topological polar surface area (TPSA) is 58.6 Å². The number of methoxy groups -OCH3 is 1. The van der Waals surface area contributed by atoms with Gasteiger partial charge in [-0.15, -0.1) is 0 Å². The number of hydrogen-bond acceptors (Lipinski definition) is 4. The third-order valence-electron chi connectivity index (χ3n) is 2.67. The molecular weight excluding hydrogens is 232 g/mol. The lowest BCUT2D eigenvalue weighted by atomic mass is 10.1. The third kappa shape index (κ3) is 3.23. The SMILES string of the molecule is COC(=O)c1cccc(NCC(=O)N(C)C)c1C. The average Bonchev–Trinajstić information content (AvgIpc) is 2.36. The predicted molar refractivity (Wildman–Crippen MR) is 69.7 cm³/mol. The molecule has 1 rings (SSSR count). The van der Waals surface area contributed by atoms with Gasteiger partial charge in [0.05, 0.1) is 19.2 Å². The van der Waals surface area contributed by atoms with Gasteiger partial charge in [0.1, 0.15) is 0 Å². The second kappa shape index (κ2) is 6.05. The van der Waals surface area contributed by atoms with Crippen LogP contribution in [0.25, 0.3) is 0 Å². The number of hydrogen-bond donors (Lipinski definition) is 1. The summed E-state index contributed by atoms with van der Waals surface area (Å²) in [5, 5.41) is 3.01. The quantitative estimate of drug-likeness (QED) is 0.818. The largest absolute Gasteiger partial charge is 0.465 e. The van der Waals surface area contributed by atoms with E-state index < -0.39 is 0 Å². The van der Waals surface area contributed by atoms with Crippen molar-refractivity contribution < 1.29 is 14.3 Å². The van der Waals surface area contributed by atoms with Crippen molar-refractivity contribution in [1.29, 1.82) is 0 Å². The molecule has 0 unspecified atom stereocenters. The van der Waals surface area contributed by atoms with Gasteiger partial charge in [-0.3, -0.25) is 4.79 Å². The molecule has 0 fully saturated rings. The van der Waals surface area contributed by atoms with E-state index in [4.69, 9.17) is 4.74 Å². The fraction of sp³-hybridized carbons (Fsp3) is 0.385. The van der Waals surface area contributed by atoms with Gasteiger partial charge in [-0.2, -0.15) is 0 Å². The maximum absolute atomic E-state index is 11.5. The summed E-state index contributed by atoms with van der Waals surface area (Å²) in [6, 6.07) is 5.27. The maximum Gasteiger partial charge on any atom is 0.338 e. The highest BCUT2D eigenvalue weighted by molar-refractivity contribution is 5.93. The lowest BCUT2D eigenvalue weighted by Crippen LogP contribution is -2.28. The molecule has 5 nitrogen and oxygen atoms in total. The van der Waals surface area contributed by atoms with Gasteiger partial charge in [0, 0.05) is 19.8 Å². The molecule has 1 N–H and O–H groups in total. The second-order valence-electron chi connectivity index (χ2n) is 4.11. The van der Waals surface area contributed by atoms with E-state index in [2.05, 4.69) is 5.32 Å². The fourth-order valence-corrected chi connectivity index (χ4v) is 1.49. The summed E-state index contributed by atoms with van der Waals surface area (Å²) in [5.74, 6) is -0.409. The Morgan fingerprint density at radius 1 is 1.33 bits per heavy atom. The molecule has 5 heteroatoms. The summed E-state index contributed by atoms with van der Waals surface area (Å²) in [6.07, 6.45) is 0. The predicted octanol–water partition coefficient (Wildman–Crippen LogP) is 1.28. The van der Waals surface area contributed by atoms with Crippen LogP contribution in [-0.2, 0) is 9.53 Å². The summed E-state index contributed by atoms with van der Waals surface area (Å²) in [5.41, 5.74) is 2.03. The van der Waals surface area contributed by atoms with Gasteiger partial charge in [-0.05, 0) is 24.6 Å². The molecule has 1 amide bonds. The summed E-state index contributed by atoms with van der Waals surface area (Å²) < 4.78 is 4.69. The minimum absolute atomic E-state index is 0.0297. The summed E-state index contributed by atoms with van der Waals surface area (Å²) in [4.78, 5) is 24.5. The van der Waals surface area contributed by atoms with Crippen LogP contribution in [0.5, 0.6) is 0 Å². The number of amides is 1. The first-order chi connectivity index (χ1) is 8.47.